The summed E-state index contributed by atoms with van der Waals surface area (Å²) in [5.41, 5.74) is 3.59. The van der Waals surface area contributed by atoms with Crippen molar-refractivity contribution in [1.82, 2.24) is 0 Å². The van der Waals surface area contributed by atoms with Gasteiger partial charge in [0.15, 0.2) is 0 Å². The third-order valence-corrected chi connectivity index (χ3v) is 3.07. The number of carbonyl (C=O) groups is 1. The van der Waals surface area contributed by atoms with E-state index >= 15 is 0 Å². The van der Waals surface area contributed by atoms with Gasteiger partial charge in [0.1, 0.15) is 11.5 Å². The first-order valence-corrected chi connectivity index (χ1v) is 9.96. The molecular weight excluding hydrogens is 401 g/mol. The molecule has 0 atom stereocenters. The number of ether oxygens (including phenoxy) is 1. The zero-order valence-electron chi connectivity index (χ0n) is 13.6. The minimum atomic E-state index is -10.7. The molecule has 0 aliphatic rings. The van der Waals surface area contributed by atoms with Crippen molar-refractivity contribution in [3.63, 3.8) is 0 Å². The number of esters is 1. The maximum absolute atomic E-state index is 10.8. The normalized spacial score (nSPS) is 13.7. The number of hydrogen-bond donors (Lipinski definition) is 0. The van der Waals surface area contributed by atoms with E-state index in [-0.39, 0.29) is 5.97 Å². The summed E-state index contributed by atoms with van der Waals surface area (Å²) in [7, 11) is -10.7. The topological polar surface area (TPSA) is 26.3 Å². The zero-order chi connectivity index (χ0) is 20.1. The van der Waals surface area contributed by atoms with Crippen molar-refractivity contribution in [1.29, 1.82) is 0 Å². The quantitative estimate of drug-likeness (QED) is 0.194. The Morgan fingerprint density at radius 1 is 0.885 bits per heavy atom. The van der Waals surface area contributed by atoms with Gasteiger partial charge in [0.25, 0.3) is 0 Å². The average Bonchev–Trinajstić information content (AvgIpc) is 2.45. The summed E-state index contributed by atoms with van der Waals surface area (Å²) in [6.07, 6.45) is 1.03. The van der Waals surface area contributed by atoms with E-state index in [4.69, 9.17) is 4.74 Å². The van der Waals surface area contributed by atoms with Crippen LogP contribution in [0.3, 0.4) is 0 Å². The fourth-order valence-corrected chi connectivity index (χ4v) is 2.18. The first-order chi connectivity index (χ1) is 11.6. The van der Waals surface area contributed by atoms with Gasteiger partial charge < -0.3 is 4.74 Å². The predicted molar refractivity (Wildman–Crippen MR) is 95.5 cm³/mol. The molecule has 26 heavy (non-hydrogen) atoms. The van der Waals surface area contributed by atoms with Gasteiger partial charge in [-0.2, -0.15) is 0 Å². The first-order valence-electron chi connectivity index (χ1n) is 7.23. The van der Waals surface area contributed by atoms with Crippen molar-refractivity contribution < 1.29 is 34.7 Å². The Bertz CT molecular complexity index is 732. The molecule has 0 fully saturated rings. The van der Waals surface area contributed by atoms with Gasteiger partial charge in [0.05, 0.1) is 0 Å². The van der Waals surface area contributed by atoms with Gasteiger partial charge in [-0.1, -0.05) is 36.4 Å². The molecule has 10 heteroatoms. The van der Waals surface area contributed by atoms with Crippen LogP contribution in [-0.2, 0) is 23.8 Å². The minimum absolute atomic E-state index is 0.299. The molecule has 2 aromatic rings. The van der Waals surface area contributed by atoms with Crippen LogP contribution in [0.5, 0.6) is 5.75 Å². The molecule has 0 aliphatic heterocycles. The van der Waals surface area contributed by atoms with Crippen LogP contribution in [-0.4, -0.2) is 11.7 Å². The number of rotatable bonds is 4. The Morgan fingerprint density at radius 2 is 1.27 bits per heavy atom. The molecule has 0 saturated carbocycles. The second-order valence-corrected chi connectivity index (χ2v) is 7.69. The number of aryl methyl sites for hydroxylation is 1. The van der Waals surface area contributed by atoms with Crippen molar-refractivity contribution in [2.45, 2.75) is 13.3 Å². The molecule has 146 valence electrons. The monoisotopic (exact) mass is 418 g/mol. The average molecular weight is 418 g/mol. The van der Waals surface area contributed by atoms with Gasteiger partial charge in [-0.3, -0.25) is 4.79 Å². The van der Waals surface area contributed by atoms with Gasteiger partial charge in [-0.05, 0) is 41.5 Å². The molecule has 0 spiro atoms. The van der Waals surface area contributed by atoms with Crippen LogP contribution in [0.15, 0.2) is 48.5 Å². The molecule has 0 heterocycles. The van der Waals surface area contributed by atoms with Crippen LogP contribution in [0.1, 0.15) is 12.5 Å². The van der Waals surface area contributed by atoms with Crippen LogP contribution in [0, 0.1) is 0 Å². The number of hydrogen-bond acceptors (Lipinski definition) is 2. The summed E-state index contributed by atoms with van der Waals surface area (Å²) < 4.78 is 64.2. The van der Waals surface area contributed by atoms with E-state index in [0.29, 0.717) is 5.75 Å². The third kappa shape index (κ3) is 11.8. The number of benzene rings is 2. The zero-order valence-corrected chi connectivity index (χ0v) is 15.5. The first kappa shape index (κ1) is 22.3. The molecule has 0 N–H and O–H groups in total. The summed E-state index contributed by atoms with van der Waals surface area (Å²) in [4.78, 5) is 10.8. The standard InChI is InChI=1S/C16H16O2S.F6P/c1-12(17)18-16-8-6-15(7-9-16)14-4-2-13(3-5-14)10-11-19;1-7(2,3,4,5)6/h2-9,19H,10-11H2,1H3;/q;-1/p+1. The van der Waals surface area contributed by atoms with Crippen molar-refractivity contribution in [2.24, 2.45) is 0 Å². The fourth-order valence-electron chi connectivity index (χ4n) is 1.89. The van der Waals surface area contributed by atoms with Crippen molar-refractivity contribution in [3.8, 4) is 16.9 Å². The summed E-state index contributed by atoms with van der Waals surface area (Å²) in [5, 5.41) is 0. The van der Waals surface area contributed by atoms with Crippen molar-refractivity contribution in [3.05, 3.63) is 54.1 Å². The van der Waals surface area contributed by atoms with E-state index in [1.807, 2.05) is 24.3 Å². The Morgan fingerprint density at radius 3 is 1.62 bits per heavy atom. The summed E-state index contributed by atoms with van der Waals surface area (Å²) >= 11 is 3.48. The van der Waals surface area contributed by atoms with Gasteiger partial charge >= 0.3 is 39.0 Å². The summed E-state index contributed by atoms with van der Waals surface area (Å²) in [5.74, 6) is 1.25. The Balaban J connectivity index is 0.000000412. The van der Waals surface area contributed by atoms with Gasteiger partial charge in [0, 0.05) is 13.3 Å². The van der Waals surface area contributed by atoms with Crippen LogP contribution in [0.4, 0.5) is 25.2 Å². The molecule has 0 bridgehead atoms. The van der Waals surface area contributed by atoms with Crippen molar-refractivity contribution >= 4 is 26.4 Å². The molecule has 0 aromatic heterocycles. The number of carbonyl (C=O) groups excluding carboxylic acids is 1. The van der Waals surface area contributed by atoms with Gasteiger partial charge in [-0.25, -0.2) is 0 Å². The SMILES string of the molecule is CC(=O)Oc1ccc(-c2ccc(CC[SH2+])cc2)cc1.F[P-](F)(F)(F)(F)F. The van der Waals surface area contributed by atoms with E-state index in [0.717, 1.165) is 23.3 Å². The van der Waals surface area contributed by atoms with E-state index in [1.54, 1.807) is 0 Å². The summed E-state index contributed by atoms with van der Waals surface area (Å²) in [6.45, 7) is 1.40. The fraction of sp³-hybridized carbons (Fsp3) is 0.188. The molecule has 2 aromatic carbocycles. The summed E-state index contributed by atoms with van der Waals surface area (Å²) in [6, 6.07) is 16.0. The van der Waals surface area contributed by atoms with Crippen LogP contribution in [0.25, 0.3) is 11.1 Å². The molecule has 0 unspecified atom stereocenters. The van der Waals surface area contributed by atoms with Crippen LogP contribution >= 0.6 is 7.81 Å². The van der Waals surface area contributed by atoms with E-state index in [1.165, 1.54) is 12.5 Å². The predicted octanol–water partition coefficient (Wildman–Crippen LogP) is 6.22. The molecule has 0 aliphatic carbocycles. The third-order valence-electron chi connectivity index (χ3n) is 2.82. The number of halogens is 6. The Hall–Kier alpha value is -1.73. The van der Waals surface area contributed by atoms with Crippen molar-refractivity contribution in [2.75, 3.05) is 5.75 Å². The Labute approximate surface area is 151 Å². The van der Waals surface area contributed by atoms with Crippen LogP contribution in [0.2, 0.25) is 0 Å². The molecule has 0 saturated heterocycles. The molecular formula is C16H17F6O2PS. The second kappa shape index (κ2) is 7.48. The van der Waals surface area contributed by atoms with Crippen LogP contribution < -0.4 is 4.74 Å². The maximum atomic E-state index is 10.8. The van der Waals surface area contributed by atoms with E-state index < -0.39 is 7.81 Å². The molecule has 2 nitrogen and oxygen atoms in total. The molecule has 0 radical (unpaired) electrons. The van der Waals surface area contributed by atoms with E-state index in [9.17, 15) is 30.0 Å². The van der Waals surface area contributed by atoms with E-state index in [2.05, 4.69) is 36.9 Å². The van der Waals surface area contributed by atoms with Gasteiger partial charge in [0.2, 0.25) is 0 Å². The molecule has 2 rings (SSSR count). The Kier molecular flexibility index (Phi) is 6.42. The second-order valence-electron chi connectivity index (χ2n) is 5.27. The van der Waals surface area contributed by atoms with Gasteiger partial charge in [-0.15, -0.1) is 0 Å². The molecule has 0 amide bonds.